The Bertz CT molecular complexity index is 528. The first-order chi connectivity index (χ1) is 8.30. The molecule has 1 fully saturated rings. The average molecular weight is 230 g/mol. The topological polar surface area (TPSA) is 48.0 Å². The van der Waals surface area contributed by atoms with Crippen LogP contribution in [0.25, 0.3) is 10.9 Å². The molecule has 1 aliphatic carbocycles. The lowest BCUT2D eigenvalue weighted by Crippen LogP contribution is -2.28. The summed E-state index contributed by atoms with van der Waals surface area (Å²) in [6, 6.07) is 8.56. The lowest BCUT2D eigenvalue weighted by molar-refractivity contribution is 0.176. The molecule has 1 aromatic heterocycles. The molecule has 1 atom stereocenters. The van der Waals surface area contributed by atoms with Gasteiger partial charge in [-0.1, -0.05) is 18.2 Å². The predicted octanol–water partition coefficient (Wildman–Crippen LogP) is 2.20. The lowest BCUT2D eigenvalue weighted by Gasteiger charge is -2.24. The zero-order valence-corrected chi connectivity index (χ0v) is 10.0. The first kappa shape index (κ1) is 10.8. The maximum absolute atomic E-state index is 9.58. The lowest BCUT2D eigenvalue weighted by atomic mass is 9.90. The van der Waals surface area contributed by atoms with Crippen molar-refractivity contribution >= 4 is 10.9 Å². The third-order valence-electron chi connectivity index (χ3n) is 4.04. The smallest absolute Gasteiger partial charge is 0.0505 e. The number of H-pyrrole nitrogens is 1. The monoisotopic (exact) mass is 230 g/mol. The third kappa shape index (κ3) is 1.58. The predicted molar refractivity (Wildman–Crippen MR) is 68.9 cm³/mol. The van der Waals surface area contributed by atoms with Crippen molar-refractivity contribution in [2.45, 2.75) is 18.9 Å². The fraction of sp³-hybridized carbons (Fsp3) is 0.429. The average Bonchev–Trinajstić information content (AvgIpc) is 3.05. The first-order valence-corrected chi connectivity index (χ1v) is 6.15. The van der Waals surface area contributed by atoms with Gasteiger partial charge in [-0.2, -0.15) is 0 Å². The van der Waals surface area contributed by atoms with Gasteiger partial charge < -0.3 is 15.4 Å². The maximum atomic E-state index is 9.58. The molecule has 1 aliphatic rings. The third-order valence-corrected chi connectivity index (χ3v) is 4.04. The van der Waals surface area contributed by atoms with Crippen LogP contribution in [0, 0.1) is 5.41 Å². The van der Waals surface area contributed by atoms with Crippen LogP contribution < -0.4 is 5.32 Å². The summed E-state index contributed by atoms with van der Waals surface area (Å²) >= 11 is 0. The van der Waals surface area contributed by atoms with Crippen molar-refractivity contribution in [3.05, 3.63) is 36.0 Å². The highest BCUT2D eigenvalue weighted by Gasteiger charge is 2.49. The van der Waals surface area contributed by atoms with Gasteiger partial charge in [-0.3, -0.25) is 0 Å². The van der Waals surface area contributed by atoms with E-state index in [9.17, 15) is 5.11 Å². The van der Waals surface area contributed by atoms with Crippen LogP contribution >= 0.6 is 0 Å². The van der Waals surface area contributed by atoms with Crippen LogP contribution in [0.15, 0.2) is 30.5 Å². The maximum Gasteiger partial charge on any atom is 0.0505 e. The molecule has 0 spiro atoms. The van der Waals surface area contributed by atoms with Crippen molar-refractivity contribution in [3.8, 4) is 0 Å². The molecule has 0 bridgehead atoms. The second kappa shape index (κ2) is 3.86. The van der Waals surface area contributed by atoms with E-state index in [0.717, 1.165) is 18.4 Å². The molecule has 1 saturated carbocycles. The molecule has 0 amide bonds. The summed E-state index contributed by atoms with van der Waals surface area (Å²) in [6.07, 6.45) is 4.28. The highest BCUT2D eigenvalue weighted by atomic mass is 16.3. The number of aromatic amines is 1. The number of hydrogen-bond acceptors (Lipinski definition) is 2. The van der Waals surface area contributed by atoms with Crippen molar-refractivity contribution in [3.63, 3.8) is 0 Å². The molecular weight excluding hydrogens is 212 g/mol. The number of fused-ring (bicyclic) bond motifs is 1. The van der Waals surface area contributed by atoms with Gasteiger partial charge >= 0.3 is 0 Å². The number of aromatic nitrogens is 1. The Kier molecular flexibility index (Phi) is 2.45. The van der Waals surface area contributed by atoms with Gasteiger partial charge in [0.25, 0.3) is 0 Å². The van der Waals surface area contributed by atoms with Crippen LogP contribution in [0.2, 0.25) is 0 Å². The van der Waals surface area contributed by atoms with Gasteiger partial charge in [-0.25, -0.2) is 0 Å². The summed E-state index contributed by atoms with van der Waals surface area (Å²) in [5.41, 5.74) is 2.49. The molecule has 3 heteroatoms. The van der Waals surface area contributed by atoms with Crippen LogP contribution in [0.4, 0.5) is 0 Å². The van der Waals surface area contributed by atoms with Crippen molar-refractivity contribution in [2.75, 3.05) is 13.7 Å². The standard InChI is InChI=1S/C14H18N2O/c1-15-13(14(9-17)6-7-14)11-8-16-12-5-3-2-4-10(11)12/h2-5,8,13,15-17H,6-7,9H2,1H3. The molecular formula is C14H18N2O. The van der Waals surface area contributed by atoms with Gasteiger partial charge in [-0.15, -0.1) is 0 Å². The number of nitrogens with one attached hydrogen (secondary N) is 2. The fourth-order valence-electron chi connectivity index (χ4n) is 2.82. The molecule has 2 aromatic rings. The van der Waals surface area contributed by atoms with E-state index in [1.165, 1.54) is 10.9 Å². The van der Waals surface area contributed by atoms with Gasteiger partial charge in [0.15, 0.2) is 0 Å². The molecule has 3 nitrogen and oxygen atoms in total. The summed E-state index contributed by atoms with van der Waals surface area (Å²) in [5, 5.41) is 14.2. The summed E-state index contributed by atoms with van der Waals surface area (Å²) in [5.74, 6) is 0. The minimum Gasteiger partial charge on any atom is -0.396 e. The number of aliphatic hydroxyl groups is 1. The van der Waals surface area contributed by atoms with Crippen LogP contribution in [0.1, 0.15) is 24.4 Å². The Hall–Kier alpha value is -1.32. The Morgan fingerprint density at radius 1 is 1.41 bits per heavy atom. The molecule has 1 unspecified atom stereocenters. The molecule has 3 rings (SSSR count). The van der Waals surface area contributed by atoms with E-state index < -0.39 is 0 Å². The van der Waals surface area contributed by atoms with E-state index in [1.807, 2.05) is 13.1 Å². The van der Waals surface area contributed by atoms with Gasteiger partial charge in [-0.05, 0) is 31.5 Å². The Morgan fingerprint density at radius 2 is 2.18 bits per heavy atom. The van der Waals surface area contributed by atoms with Gasteiger partial charge in [0.05, 0.1) is 6.61 Å². The number of rotatable bonds is 4. The molecule has 90 valence electrons. The highest BCUT2D eigenvalue weighted by Crippen LogP contribution is 2.55. The molecule has 0 radical (unpaired) electrons. The largest absolute Gasteiger partial charge is 0.396 e. The van der Waals surface area contributed by atoms with Gasteiger partial charge in [0.2, 0.25) is 0 Å². The van der Waals surface area contributed by atoms with E-state index in [1.54, 1.807) is 0 Å². The minimum absolute atomic E-state index is 0.0553. The van der Waals surface area contributed by atoms with Gasteiger partial charge in [0, 0.05) is 28.6 Å². The van der Waals surface area contributed by atoms with E-state index in [4.69, 9.17) is 0 Å². The Labute approximate surface area is 101 Å². The van der Waals surface area contributed by atoms with E-state index >= 15 is 0 Å². The van der Waals surface area contributed by atoms with Gasteiger partial charge in [0.1, 0.15) is 0 Å². The zero-order chi connectivity index (χ0) is 11.9. The van der Waals surface area contributed by atoms with E-state index in [-0.39, 0.29) is 18.1 Å². The second-order valence-electron chi connectivity index (χ2n) is 5.03. The van der Waals surface area contributed by atoms with E-state index in [0.29, 0.717) is 0 Å². The van der Waals surface area contributed by atoms with Crippen LogP contribution in [0.3, 0.4) is 0 Å². The molecule has 1 heterocycles. The zero-order valence-electron chi connectivity index (χ0n) is 10.0. The van der Waals surface area contributed by atoms with Crippen molar-refractivity contribution in [1.29, 1.82) is 0 Å². The van der Waals surface area contributed by atoms with Crippen LogP contribution in [-0.4, -0.2) is 23.7 Å². The Morgan fingerprint density at radius 3 is 2.82 bits per heavy atom. The molecule has 0 aliphatic heterocycles. The number of para-hydroxylation sites is 1. The van der Waals surface area contributed by atoms with Crippen LogP contribution in [-0.2, 0) is 0 Å². The SMILES string of the molecule is CNC(c1c[nH]c2ccccc12)C1(CO)CC1. The number of benzene rings is 1. The molecule has 1 aromatic carbocycles. The quantitative estimate of drug-likeness (QED) is 0.754. The highest BCUT2D eigenvalue weighted by molar-refractivity contribution is 5.83. The summed E-state index contributed by atoms with van der Waals surface area (Å²) < 4.78 is 0. The van der Waals surface area contributed by atoms with Crippen molar-refractivity contribution in [1.82, 2.24) is 10.3 Å². The first-order valence-electron chi connectivity index (χ1n) is 6.15. The molecule has 3 N–H and O–H groups in total. The summed E-state index contributed by atoms with van der Waals surface area (Å²) in [7, 11) is 1.97. The van der Waals surface area contributed by atoms with E-state index in [2.05, 4.69) is 34.7 Å². The number of hydrogen-bond donors (Lipinski definition) is 3. The van der Waals surface area contributed by atoms with Crippen LogP contribution in [0.5, 0.6) is 0 Å². The normalized spacial score (nSPS) is 19.4. The second-order valence-corrected chi connectivity index (χ2v) is 5.03. The number of aliphatic hydroxyl groups excluding tert-OH is 1. The van der Waals surface area contributed by atoms with Crippen molar-refractivity contribution < 1.29 is 5.11 Å². The summed E-state index contributed by atoms with van der Waals surface area (Å²) in [4.78, 5) is 3.31. The fourth-order valence-corrected chi connectivity index (χ4v) is 2.82. The molecule has 17 heavy (non-hydrogen) atoms. The minimum atomic E-state index is 0.0553. The molecule has 0 saturated heterocycles. The Balaban J connectivity index is 2.07. The summed E-state index contributed by atoms with van der Waals surface area (Å²) in [6.45, 7) is 0.262. The van der Waals surface area contributed by atoms with Crippen molar-refractivity contribution in [2.24, 2.45) is 5.41 Å².